The minimum Gasteiger partial charge on any atom is -0.441 e. The Labute approximate surface area is 266 Å². The first-order valence-corrected chi connectivity index (χ1v) is 15.6. The Hall–Kier alpha value is -4.93. The molecule has 2 aliphatic heterocycles. The van der Waals surface area contributed by atoms with Crippen LogP contribution in [-0.2, 0) is 19.1 Å². The maximum absolute atomic E-state index is 13.9. The van der Waals surface area contributed by atoms with Crippen molar-refractivity contribution in [2.24, 2.45) is 4.99 Å². The van der Waals surface area contributed by atoms with Gasteiger partial charge in [0.15, 0.2) is 11.1 Å². The number of amides is 3. The summed E-state index contributed by atoms with van der Waals surface area (Å²) in [6, 6.07) is 22.5. The summed E-state index contributed by atoms with van der Waals surface area (Å²) in [5.74, 6) is -0.648. The number of rotatable bonds is 10. The summed E-state index contributed by atoms with van der Waals surface area (Å²) in [5.41, 5.74) is 2.19. The van der Waals surface area contributed by atoms with Crippen LogP contribution in [0.15, 0.2) is 124 Å². The van der Waals surface area contributed by atoms with Crippen LogP contribution in [0.4, 0.5) is 5.88 Å². The Morgan fingerprint density at radius 1 is 1.02 bits per heavy atom. The van der Waals surface area contributed by atoms with E-state index < -0.39 is 11.8 Å². The number of carbonyl (C=O) groups is 3. The number of nitrogens with zero attached hydrogens (tertiary/aromatic N) is 3. The zero-order valence-corrected chi connectivity index (χ0v) is 25.7. The summed E-state index contributed by atoms with van der Waals surface area (Å²) in [5, 5.41) is 3.19. The van der Waals surface area contributed by atoms with Crippen LogP contribution in [0, 0.1) is 0 Å². The molecular weight excluding hydrogens is 588 g/mol. The highest BCUT2D eigenvalue weighted by atomic mass is 32.2. The van der Waals surface area contributed by atoms with E-state index in [0.29, 0.717) is 43.6 Å². The molecule has 2 aromatic carbocycles. The number of thioether (sulfide) groups is 1. The number of aliphatic imine (C=N–C) groups is 1. The molecule has 0 radical (unpaired) electrons. The number of nitrogens with one attached hydrogen (secondary N) is 1. The molecule has 0 atom stereocenters. The fourth-order valence-electron chi connectivity index (χ4n) is 4.91. The Morgan fingerprint density at radius 3 is 2.31 bits per heavy atom. The molecule has 10 heteroatoms. The summed E-state index contributed by atoms with van der Waals surface area (Å²) in [4.78, 5) is 48.1. The third-order valence-electron chi connectivity index (χ3n) is 7.13. The maximum Gasteiger partial charge on any atom is 0.285 e. The molecule has 2 aliphatic rings. The molecule has 3 amide bonds. The highest BCUT2D eigenvalue weighted by molar-refractivity contribution is 8.14. The fraction of sp³-hybridized carbons (Fsp3) is 0.200. The summed E-state index contributed by atoms with van der Waals surface area (Å²) >= 11 is 1.01. The Bertz CT molecular complexity index is 1610. The van der Waals surface area contributed by atoms with E-state index in [1.54, 1.807) is 43.4 Å². The Morgan fingerprint density at radius 2 is 1.69 bits per heavy atom. The summed E-state index contributed by atoms with van der Waals surface area (Å²) in [7, 11) is 0. The third-order valence-corrected chi connectivity index (χ3v) is 8.07. The first-order valence-electron chi connectivity index (χ1n) is 14.6. The molecule has 9 nitrogen and oxygen atoms in total. The number of hydrogen-bond acceptors (Lipinski definition) is 7. The van der Waals surface area contributed by atoms with E-state index in [1.807, 2.05) is 65.6 Å². The van der Waals surface area contributed by atoms with Gasteiger partial charge in [-0.15, -0.1) is 0 Å². The van der Waals surface area contributed by atoms with Crippen molar-refractivity contribution in [3.63, 3.8) is 0 Å². The van der Waals surface area contributed by atoms with Crippen molar-refractivity contribution in [2.45, 2.75) is 13.0 Å². The molecule has 0 saturated carbocycles. The van der Waals surface area contributed by atoms with E-state index in [-0.39, 0.29) is 28.4 Å². The van der Waals surface area contributed by atoms with Gasteiger partial charge in [0.25, 0.3) is 11.8 Å². The summed E-state index contributed by atoms with van der Waals surface area (Å²) in [6.45, 7) is 8.06. The lowest BCUT2D eigenvalue weighted by atomic mass is 9.99. The van der Waals surface area contributed by atoms with Gasteiger partial charge in [0, 0.05) is 24.9 Å². The van der Waals surface area contributed by atoms with Gasteiger partial charge in [-0.25, -0.2) is 0 Å². The fourth-order valence-corrected chi connectivity index (χ4v) is 5.72. The normalized spacial score (nSPS) is 16.9. The number of amidine groups is 1. The first-order chi connectivity index (χ1) is 22.0. The monoisotopic (exact) mass is 622 g/mol. The Kier molecular flexibility index (Phi) is 10.6. The molecule has 3 heterocycles. The van der Waals surface area contributed by atoms with Crippen molar-refractivity contribution in [2.75, 3.05) is 37.0 Å². The van der Waals surface area contributed by atoms with Crippen molar-refractivity contribution in [1.29, 1.82) is 0 Å². The first kappa shape index (κ1) is 31.5. The molecule has 1 saturated heterocycles. The van der Waals surface area contributed by atoms with Crippen molar-refractivity contribution >= 4 is 46.6 Å². The quantitative estimate of drug-likeness (QED) is 0.181. The van der Waals surface area contributed by atoms with Crippen LogP contribution in [0.1, 0.15) is 29.9 Å². The molecule has 1 fully saturated rings. The van der Waals surface area contributed by atoms with Crippen LogP contribution >= 0.6 is 11.8 Å². The minimum atomic E-state index is -0.710. The Balaban J connectivity index is 1.38. The SMILES string of the molecule is C=C/C=C\C(=C/C)N1C(=O)/C(=C/c2ccc(N3CCOCC3)o2)C(=O)N=C1SCC(=O)NC(c1ccccc1)c1ccccc1. The average Bonchev–Trinajstić information content (AvgIpc) is 3.55. The van der Waals surface area contributed by atoms with E-state index in [2.05, 4.69) is 16.9 Å². The summed E-state index contributed by atoms with van der Waals surface area (Å²) < 4.78 is 11.4. The predicted molar refractivity (Wildman–Crippen MR) is 177 cm³/mol. The van der Waals surface area contributed by atoms with E-state index in [1.165, 1.54) is 11.0 Å². The second-order valence-corrected chi connectivity index (χ2v) is 11.0. The molecular formula is C35H34N4O5S. The van der Waals surface area contributed by atoms with Crippen LogP contribution < -0.4 is 10.2 Å². The molecule has 1 N–H and O–H groups in total. The predicted octanol–water partition coefficient (Wildman–Crippen LogP) is 5.51. The van der Waals surface area contributed by atoms with Gasteiger partial charge < -0.3 is 19.4 Å². The smallest absolute Gasteiger partial charge is 0.285 e. The molecule has 5 rings (SSSR count). The number of morpholine rings is 1. The van der Waals surface area contributed by atoms with Gasteiger partial charge in [-0.2, -0.15) is 4.99 Å². The van der Waals surface area contributed by atoms with Crippen LogP contribution in [0.2, 0.25) is 0 Å². The average molecular weight is 623 g/mol. The number of furan rings is 1. The van der Waals surface area contributed by atoms with E-state index in [0.717, 1.165) is 22.9 Å². The number of anilines is 1. The third kappa shape index (κ3) is 7.78. The topological polar surface area (TPSA) is 104 Å². The van der Waals surface area contributed by atoms with Crippen molar-refractivity contribution in [1.82, 2.24) is 10.2 Å². The second-order valence-electron chi connectivity index (χ2n) is 10.1. The largest absolute Gasteiger partial charge is 0.441 e. The van der Waals surface area contributed by atoms with Crippen molar-refractivity contribution < 1.29 is 23.5 Å². The van der Waals surface area contributed by atoms with Gasteiger partial charge in [-0.3, -0.25) is 19.3 Å². The standard InChI is InChI=1S/C35H34N4O5S/c1-3-5-16-27(4-2)39-34(42)29(23-28-17-18-31(44-28)38-19-21-43-22-20-38)33(41)37-35(39)45-24-30(40)36-32(25-12-8-6-9-13-25)26-14-10-7-11-15-26/h3-18,23,32H,1,19-22,24H2,2H3,(H,36,40)/b16-5-,27-4+,29-23+. The van der Waals surface area contributed by atoms with E-state index >= 15 is 0 Å². The summed E-state index contributed by atoms with van der Waals surface area (Å²) in [6.07, 6.45) is 8.10. The molecule has 1 aromatic heterocycles. The zero-order valence-electron chi connectivity index (χ0n) is 24.9. The minimum absolute atomic E-state index is 0.0750. The molecule has 230 valence electrons. The second kappa shape index (κ2) is 15.2. The van der Waals surface area contributed by atoms with Gasteiger partial charge in [0.05, 0.1) is 25.0 Å². The van der Waals surface area contributed by atoms with Crippen molar-refractivity contribution in [3.05, 3.63) is 132 Å². The van der Waals surface area contributed by atoms with E-state index in [9.17, 15) is 14.4 Å². The molecule has 0 bridgehead atoms. The maximum atomic E-state index is 13.9. The van der Waals surface area contributed by atoms with Gasteiger partial charge in [0.2, 0.25) is 5.91 Å². The number of benzene rings is 2. The van der Waals surface area contributed by atoms with Crippen molar-refractivity contribution in [3.8, 4) is 0 Å². The number of hydrogen-bond donors (Lipinski definition) is 1. The highest BCUT2D eigenvalue weighted by Gasteiger charge is 2.35. The molecule has 0 spiro atoms. The van der Waals surface area contributed by atoms with Crippen LogP contribution in [0.5, 0.6) is 0 Å². The van der Waals surface area contributed by atoms with Gasteiger partial charge in [-0.1, -0.05) is 97.2 Å². The lowest BCUT2D eigenvalue weighted by Crippen LogP contribution is -2.42. The lowest BCUT2D eigenvalue weighted by Gasteiger charge is -2.28. The lowest BCUT2D eigenvalue weighted by molar-refractivity contribution is -0.126. The zero-order chi connectivity index (χ0) is 31.6. The number of ether oxygens (including phenoxy) is 1. The molecule has 0 aliphatic carbocycles. The van der Waals surface area contributed by atoms with Gasteiger partial charge in [0.1, 0.15) is 11.3 Å². The molecule has 3 aromatic rings. The van der Waals surface area contributed by atoms with Crippen LogP contribution in [-0.4, -0.2) is 59.8 Å². The van der Waals surface area contributed by atoms with Gasteiger partial charge >= 0.3 is 0 Å². The highest BCUT2D eigenvalue weighted by Crippen LogP contribution is 2.28. The number of allylic oxidation sites excluding steroid dienone is 4. The number of carbonyl (C=O) groups excluding carboxylic acids is 3. The van der Waals surface area contributed by atoms with E-state index in [4.69, 9.17) is 9.15 Å². The van der Waals surface area contributed by atoms with Crippen LogP contribution in [0.3, 0.4) is 0 Å². The van der Waals surface area contributed by atoms with Crippen LogP contribution in [0.25, 0.3) is 6.08 Å². The molecule has 0 unspecified atom stereocenters. The molecule has 45 heavy (non-hydrogen) atoms. The van der Waals surface area contributed by atoms with Gasteiger partial charge in [-0.05, 0) is 36.3 Å².